The van der Waals surface area contributed by atoms with E-state index in [0.29, 0.717) is 18.1 Å². The first-order valence-electron chi connectivity index (χ1n) is 8.73. The van der Waals surface area contributed by atoms with Gasteiger partial charge in [0.05, 0.1) is 11.6 Å². The molecule has 1 N–H and O–H groups in total. The molecule has 0 saturated heterocycles. The van der Waals surface area contributed by atoms with Gasteiger partial charge in [0.1, 0.15) is 12.7 Å². The van der Waals surface area contributed by atoms with Crippen LogP contribution in [0.15, 0.2) is 67.3 Å². The van der Waals surface area contributed by atoms with Gasteiger partial charge >= 0.3 is 0 Å². The zero-order valence-corrected chi connectivity index (χ0v) is 16.5. The van der Waals surface area contributed by atoms with Crippen molar-refractivity contribution in [2.24, 2.45) is 0 Å². The van der Waals surface area contributed by atoms with Crippen molar-refractivity contribution in [1.29, 1.82) is 0 Å². The highest BCUT2D eigenvalue weighted by atomic mass is 35.5. The molecule has 28 heavy (non-hydrogen) atoms. The predicted molar refractivity (Wildman–Crippen MR) is 113 cm³/mol. The Morgan fingerprint density at radius 2 is 1.93 bits per heavy atom. The molecule has 2 aromatic carbocycles. The summed E-state index contributed by atoms with van der Waals surface area (Å²) in [5, 5.41) is 8.76. The summed E-state index contributed by atoms with van der Waals surface area (Å²) in [6, 6.07) is 15.9. The van der Waals surface area contributed by atoms with Crippen LogP contribution in [0, 0.1) is 0 Å². The van der Waals surface area contributed by atoms with E-state index in [9.17, 15) is 4.79 Å². The quantitative estimate of drug-likeness (QED) is 0.477. The fourth-order valence-corrected chi connectivity index (χ4v) is 4.30. The van der Waals surface area contributed by atoms with Crippen molar-refractivity contribution < 1.29 is 4.79 Å². The summed E-state index contributed by atoms with van der Waals surface area (Å²) >= 11 is 7.99. The van der Waals surface area contributed by atoms with Crippen molar-refractivity contribution in [2.75, 3.05) is 0 Å². The third-order valence-electron chi connectivity index (χ3n) is 4.32. The lowest BCUT2D eigenvalue weighted by molar-refractivity contribution is -0.116. The summed E-state index contributed by atoms with van der Waals surface area (Å²) in [5.41, 5.74) is 2.13. The second kappa shape index (κ2) is 8.37. The van der Waals surface area contributed by atoms with E-state index in [1.54, 1.807) is 28.4 Å². The fraction of sp³-hybridized carbons (Fsp3) is 0.0952. The first-order chi connectivity index (χ1) is 13.7. The highest BCUT2D eigenvalue weighted by Gasteiger charge is 2.08. The Bertz CT molecular complexity index is 1130. The molecular weight excluding hydrogens is 392 g/mol. The highest BCUT2D eigenvalue weighted by molar-refractivity contribution is 7.20. The molecule has 0 unspecified atom stereocenters. The summed E-state index contributed by atoms with van der Waals surface area (Å²) in [6.45, 7) is 1.05. The van der Waals surface area contributed by atoms with Gasteiger partial charge in [-0.2, -0.15) is 5.10 Å². The lowest BCUT2D eigenvalue weighted by atomic mass is 10.1. The number of amides is 1. The molecule has 4 rings (SSSR count). The van der Waals surface area contributed by atoms with Gasteiger partial charge < -0.3 is 5.32 Å². The fourth-order valence-electron chi connectivity index (χ4n) is 2.91. The van der Waals surface area contributed by atoms with Crippen LogP contribution in [0.25, 0.3) is 16.2 Å². The Hall–Kier alpha value is -2.96. The number of nitrogens with one attached hydrogen (secondary N) is 1. The van der Waals surface area contributed by atoms with Crippen LogP contribution in [0.3, 0.4) is 0 Å². The Balaban J connectivity index is 1.42. The van der Waals surface area contributed by atoms with E-state index >= 15 is 0 Å². The Morgan fingerprint density at radius 1 is 1.14 bits per heavy atom. The standard InChI is InChI=1S/C21H17ClN4OS/c22-21-17-7-3-4-8-18(17)28-19(21)9-10-20(27)24-11-15-5-1-2-6-16(15)12-26-14-23-13-25-26/h1-10,13-14H,11-12H2,(H,24,27)/b10-9+. The SMILES string of the molecule is O=C(/C=C/c1sc2ccccc2c1Cl)NCc1ccccc1Cn1cncn1. The van der Waals surface area contributed by atoms with Gasteiger partial charge in [0.2, 0.25) is 5.91 Å². The number of aromatic nitrogens is 3. The average molecular weight is 409 g/mol. The van der Waals surface area contributed by atoms with Crippen molar-refractivity contribution in [1.82, 2.24) is 20.1 Å². The van der Waals surface area contributed by atoms with Gasteiger partial charge in [0.25, 0.3) is 0 Å². The van der Waals surface area contributed by atoms with E-state index in [4.69, 9.17) is 11.6 Å². The van der Waals surface area contributed by atoms with Crippen LogP contribution in [0.1, 0.15) is 16.0 Å². The Morgan fingerprint density at radius 3 is 2.71 bits per heavy atom. The number of hydrogen-bond acceptors (Lipinski definition) is 4. The summed E-state index contributed by atoms with van der Waals surface area (Å²) in [4.78, 5) is 17.1. The maximum atomic E-state index is 12.3. The van der Waals surface area contributed by atoms with Crippen LogP contribution in [-0.4, -0.2) is 20.7 Å². The van der Waals surface area contributed by atoms with Gasteiger partial charge in [-0.1, -0.05) is 54.1 Å². The summed E-state index contributed by atoms with van der Waals surface area (Å²) in [7, 11) is 0. The van der Waals surface area contributed by atoms with Crippen molar-refractivity contribution in [3.63, 3.8) is 0 Å². The molecule has 1 amide bonds. The third kappa shape index (κ3) is 4.13. The normalized spacial score (nSPS) is 11.3. The number of thiophene rings is 1. The minimum Gasteiger partial charge on any atom is -0.348 e. The van der Waals surface area contributed by atoms with Gasteiger partial charge in [-0.05, 0) is 23.3 Å². The minimum absolute atomic E-state index is 0.163. The van der Waals surface area contributed by atoms with Gasteiger partial charge in [0.15, 0.2) is 0 Å². The molecule has 0 radical (unpaired) electrons. The molecule has 7 heteroatoms. The number of rotatable bonds is 6. The van der Waals surface area contributed by atoms with Gasteiger partial charge in [-0.15, -0.1) is 11.3 Å². The van der Waals surface area contributed by atoms with E-state index in [0.717, 1.165) is 26.1 Å². The number of nitrogens with zero attached hydrogens (tertiary/aromatic N) is 3. The molecule has 5 nitrogen and oxygen atoms in total. The maximum absolute atomic E-state index is 12.3. The maximum Gasteiger partial charge on any atom is 0.244 e. The van der Waals surface area contributed by atoms with Crippen molar-refractivity contribution in [3.8, 4) is 0 Å². The molecule has 0 bridgehead atoms. The number of fused-ring (bicyclic) bond motifs is 1. The Labute approximate surface area is 171 Å². The molecule has 0 aliphatic carbocycles. The second-order valence-corrected chi connectivity index (χ2v) is 7.65. The van der Waals surface area contributed by atoms with Crippen molar-refractivity contribution in [3.05, 3.63) is 88.3 Å². The van der Waals surface area contributed by atoms with Crippen LogP contribution in [0.4, 0.5) is 0 Å². The lowest BCUT2D eigenvalue weighted by Gasteiger charge is -2.09. The van der Waals surface area contributed by atoms with Crippen molar-refractivity contribution in [2.45, 2.75) is 13.1 Å². The summed E-state index contributed by atoms with van der Waals surface area (Å²) in [6.07, 6.45) is 6.47. The zero-order valence-electron chi connectivity index (χ0n) is 14.9. The third-order valence-corrected chi connectivity index (χ3v) is 5.97. The molecule has 2 aromatic heterocycles. The van der Waals surface area contributed by atoms with E-state index in [2.05, 4.69) is 15.4 Å². The van der Waals surface area contributed by atoms with Crippen LogP contribution in [0.5, 0.6) is 0 Å². The van der Waals surface area contributed by atoms with Crippen LogP contribution in [0.2, 0.25) is 5.02 Å². The smallest absolute Gasteiger partial charge is 0.244 e. The second-order valence-electron chi connectivity index (χ2n) is 6.19. The van der Waals surface area contributed by atoms with Crippen LogP contribution in [-0.2, 0) is 17.9 Å². The number of carbonyl (C=O) groups excluding carboxylic acids is 1. The number of halogens is 1. The molecule has 4 aromatic rings. The molecule has 2 heterocycles. The minimum atomic E-state index is -0.163. The zero-order chi connectivity index (χ0) is 19.3. The summed E-state index contributed by atoms with van der Waals surface area (Å²) < 4.78 is 2.86. The largest absolute Gasteiger partial charge is 0.348 e. The number of benzene rings is 2. The summed E-state index contributed by atoms with van der Waals surface area (Å²) in [5.74, 6) is -0.163. The number of carbonyl (C=O) groups is 1. The van der Waals surface area contributed by atoms with E-state index in [-0.39, 0.29) is 5.91 Å². The molecule has 0 aliphatic rings. The molecule has 0 fully saturated rings. The highest BCUT2D eigenvalue weighted by Crippen LogP contribution is 2.35. The van der Waals surface area contributed by atoms with E-state index < -0.39 is 0 Å². The topological polar surface area (TPSA) is 59.8 Å². The first kappa shape index (κ1) is 18.4. The van der Waals surface area contributed by atoms with Gasteiger partial charge in [-0.25, -0.2) is 9.67 Å². The van der Waals surface area contributed by atoms with Crippen LogP contribution < -0.4 is 5.32 Å². The van der Waals surface area contributed by atoms with Crippen molar-refractivity contribution >= 4 is 45.0 Å². The van der Waals surface area contributed by atoms with Crippen LogP contribution >= 0.6 is 22.9 Å². The van der Waals surface area contributed by atoms with E-state index in [1.165, 1.54) is 12.4 Å². The predicted octanol–water partition coefficient (Wildman–Crippen LogP) is 4.52. The Kier molecular flexibility index (Phi) is 5.50. The molecule has 0 atom stereocenters. The van der Waals surface area contributed by atoms with Gasteiger partial charge in [-0.3, -0.25) is 4.79 Å². The van der Waals surface area contributed by atoms with Gasteiger partial charge in [0, 0.05) is 27.6 Å². The molecular formula is C21H17ClN4OS. The molecule has 0 spiro atoms. The number of hydrogen-bond donors (Lipinski definition) is 1. The average Bonchev–Trinajstić information content (AvgIpc) is 3.34. The van der Waals surface area contributed by atoms with E-state index in [1.807, 2.05) is 48.5 Å². The first-order valence-corrected chi connectivity index (χ1v) is 9.92. The molecule has 140 valence electrons. The molecule has 0 saturated carbocycles. The monoisotopic (exact) mass is 408 g/mol. The lowest BCUT2D eigenvalue weighted by Crippen LogP contribution is -2.21. The molecule has 0 aliphatic heterocycles.